The molecule has 1 aliphatic carbocycles. The average Bonchev–Trinajstić information content (AvgIpc) is 2.83. The smallest absolute Gasteiger partial charge is 0.0934 e. The second-order valence-electron chi connectivity index (χ2n) is 4.41. The summed E-state index contributed by atoms with van der Waals surface area (Å²) in [6.45, 7) is 0. The van der Waals surface area contributed by atoms with Crippen LogP contribution in [0.3, 0.4) is 0 Å². The summed E-state index contributed by atoms with van der Waals surface area (Å²) in [6.07, 6.45) is 2.09. The molecule has 0 fully saturated rings. The van der Waals surface area contributed by atoms with Crippen molar-refractivity contribution in [1.82, 2.24) is 0 Å². The molecule has 0 saturated carbocycles. The Bertz CT molecular complexity index is 618. The molecule has 0 amide bonds. The highest BCUT2D eigenvalue weighted by Gasteiger charge is 2.26. The van der Waals surface area contributed by atoms with Gasteiger partial charge in [-0.3, -0.25) is 0 Å². The largest absolute Gasteiger partial charge is 0.376 e. The van der Waals surface area contributed by atoms with Crippen molar-refractivity contribution in [2.24, 2.45) is 0 Å². The summed E-state index contributed by atoms with van der Waals surface area (Å²) in [5.74, 6) is 0. The molecule has 1 unspecified atom stereocenters. The Morgan fingerprint density at radius 2 is 1.84 bits per heavy atom. The highest BCUT2D eigenvalue weighted by Crippen LogP contribution is 2.43. The molecule has 6 heteroatoms. The van der Waals surface area contributed by atoms with Crippen molar-refractivity contribution >= 4 is 67.8 Å². The average molecular weight is 398 g/mol. The molecule has 1 atom stereocenters. The molecule has 0 spiro atoms. The molecule has 1 N–H and O–H groups in total. The number of hydrogen-bond acceptors (Lipinski definition) is 2. The van der Waals surface area contributed by atoms with Crippen LogP contribution in [0.5, 0.6) is 0 Å². The predicted molar refractivity (Wildman–Crippen MR) is 88.2 cm³/mol. The van der Waals surface area contributed by atoms with Crippen molar-refractivity contribution in [3.63, 3.8) is 0 Å². The van der Waals surface area contributed by atoms with E-state index in [4.69, 9.17) is 34.8 Å². The molecule has 0 saturated heterocycles. The summed E-state index contributed by atoms with van der Waals surface area (Å²) in [5.41, 5.74) is 2.05. The maximum Gasteiger partial charge on any atom is 0.0934 e. The fourth-order valence-corrected chi connectivity index (χ4v) is 5.01. The van der Waals surface area contributed by atoms with Gasteiger partial charge in [0.05, 0.1) is 26.1 Å². The maximum absolute atomic E-state index is 6.25. The van der Waals surface area contributed by atoms with Gasteiger partial charge in [-0.05, 0) is 36.6 Å². The van der Waals surface area contributed by atoms with E-state index in [0.29, 0.717) is 10.0 Å². The van der Waals surface area contributed by atoms with Crippen LogP contribution in [0.4, 0.5) is 5.69 Å². The van der Waals surface area contributed by atoms with Gasteiger partial charge in [0.2, 0.25) is 0 Å². The lowest BCUT2D eigenvalue weighted by molar-refractivity contribution is 0.762. The molecular formula is C13H9BrCl3NS. The summed E-state index contributed by atoms with van der Waals surface area (Å²) in [5, 5.41) is 4.68. The van der Waals surface area contributed by atoms with E-state index in [1.54, 1.807) is 11.3 Å². The maximum atomic E-state index is 6.25. The molecule has 3 rings (SSSR count). The standard InChI is InChI=1S/C13H9BrCl3NS/c14-6-3-8(15)13(9(16)4-6)18-10-1-2-11-7(10)5-12(17)19-11/h3-5,10,18H,1-2H2. The van der Waals surface area contributed by atoms with Crippen LogP contribution in [-0.4, -0.2) is 0 Å². The molecule has 2 aromatic rings. The Balaban J connectivity index is 1.91. The zero-order valence-corrected chi connectivity index (χ0v) is 14.3. The Morgan fingerprint density at radius 1 is 1.16 bits per heavy atom. The SMILES string of the molecule is Clc1cc2c(s1)CCC2Nc1c(Cl)cc(Br)cc1Cl. The lowest BCUT2D eigenvalue weighted by Crippen LogP contribution is -2.07. The van der Waals surface area contributed by atoms with Crippen LogP contribution in [0.15, 0.2) is 22.7 Å². The van der Waals surface area contributed by atoms with E-state index in [0.717, 1.165) is 27.3 Å². The van der Waals surface area contributed by atoms with Crippen LogP contribution >= 0.6 is 62.1 Å². The van der Waals surface area contributed by atoms with Gasteiger partial charge < -0.3 is 5.32 Å². The van der Waals surface area contributed by atoms with Gasteiger partial charge in [-0.15, -0.1) is 11.3 Å². The first-order chi connectivity index (χ1) is 9.04. The van der Waals surface area contributed by atoms with Crippen molar-refractivity contribution < 1.29 is 0 Å². The molecule has 1 aromatic carbocycles. The zero-order chi connectivity index (χ0) is 13.6. The number of aryl methyl sites for hydroxylation is 1. The van der Waals surface area contributed by atoms with Crippen LogP contribution in [0.2, 0.25) is 14.4 Å². The minimum Gasteiger partial charge on any atom is -0.376 e. The number of hydrogen-bond donors (Lipinski definition) is 1. The Labute approximate surface area is 139 Å². The highest BCUT2D eigenvalue weighted by atomic mass is 79.9. The van der Waals surface area contributed by atoms with Crippen molar-refractivity contribution in [3.8, 4) is 0 Å². The lowest BCUT2D eigenvalue weighted by atomic mass is 10.1. The monoisotopic (exact) mass is 395 g/mol. The zero-order valence-electron chi connectivity index (χ0n) is 9.64. The minimum absolute atomic E-state index is 0.231. The van der Waals surface area contributed by atoms with Crippen LogP contribution in [0.25, 0.3) is 0 Å². The Hall–Kier alpha value is 0.0700. The molecule has 0 aliphatic heterocycles. The number of nitrogens with one attached hydrogen (secondary N) is 1. The second-order valence-corrected chi connectivity index (χ2v) is 7.91. The third-order valence-electron chi connectivity index (χ3n) is 3.17. The van der Waals surface area contributed by atoms with Gasteiger partial charge in [0.15, 0.2) is 0 Å². The molecule has 1 aliphatic rings. The number of benzene rings is 1. The molecule has 1 nitrogen and oxygen atoms in total. The third-order valence-corrected chi connectivity index (χ3v) is 5.57. The topological polar surface area (TPSA) is 12.0 Å². The quantitative estimate of drug-likeness (QED) is 0.604. The summed E-state index contributed by atoms with van der Waals surface area (Å²) < 4.78 is 1.71. The molecule has 1 heterocycles. The first-order valence-electron chi connectivity index (χ1n) is 5.74. The van der Waals surface area contributed by atoms with Gasteiger partial charge in [0.25, 0.3) is 0 Å². The molecule has 1 aromatic heterocycles. The fraction of sp³-hybridized carbons (Fsp3) is 0.231. The number of anilines is 1. The highest BCUT2D eigenvalue weighted by molar-refractivity contribution is 9.10. The minimum atomic E-state index is 0.231. The number of thiophene rings is 1. The van der Waals surface area contributed by atoms with Crippen LogP contribution < -0.4 is 5.32 Å². The van der Waals surface area contributed by atoms with E-state index in [9.17, 15) is 0 Å². The van der Waals surface area contributed by atoms with Crippen molar-refractivity contribution in [2.75, 3.05) is 5.32 Å². The van der Waals surface area contributed by atoms with E-state index in [2.05, 4.69) is 21.2 Å². The van der Waals surface area contributed by atoms with Gasteiger partial charge in [-0.25, -0.2) is 0 Å². The lowest BCUT2D eigenvalue weighted by Gasteiger charge is -2.17. The predicted octanol–water partition coefficient (Wildman–Crippen LogP) is 6.57. The van der Waals surface area contributed by atoms with Gasteiger partial charge in [0.1, 0.15) is 0 Å². The van der Waals surface area contributed by atoms with E-state index in [1.165, 1.54) is 10.4 Å². The summed E-state index contributed by atoms with van der Waals surface area (Å²) in [7, 11) is 0. The van der Waals surface area contributed by atoms with Crippen molar-refractivity contribution in [1.29, 1.82) is 0 Å². The number of halogens is 4. The van der Waals surface area contributed by atoms with E-state index in [1.807, 2.05) is 18.2 Å². The van der Waals surface area contributed by atoms with Crippen molar-refractivity contribution in [2.45, 2.75) is 18.9 Å². The van der Waals surface area contributed by atoms with E-state index < -0.39 is 0 Å². The fourth-order valence-electron chi connectivity index (χ4n) is 2.33. The first kappa shape index (κ1) is 14.0. The van der Waals surface area contributed by atoms with E-state index in [-0.39, 0.29) is 6.04 Å². The summed E-state index contributed by atoms with van der Waals surface area (Å²) >= 11 is 23.6. The van der Waals surface area contributed by atoms with Crippen LogP contribution in [-0.2, 0) is 6.42 Å². The molecule has 100 valence electrons. The summed E-state index contributed by atoms with van der Waals surface area (Å²) in [4.78, 5) is 1.35. The van der Waals surface area contributed by atoms with Crippen LogP contribution in [0.1, 0.15) is 22.9 Å². The molecule has 19 heavy (non-hydrogen) atoms. The first-order valence-corrected chi connectivity index (χ1v) is 8.48. The Morgan fingerprint density at radius 3 is 2.53 bits per heavy atom. The second kappa shape index (κ2) is 5.45. The molecular weight excluding hydrogens is 388 g/mol. The third kappa shape index (κ3) is 2.77. The van der Waals surface area contributed by atoms with E-state index >= 15 is 0 Å². The molecule has 0 radical (unpaired) electrons. The van der Waals surface area contributed by atoms with Gasteiger partial charge in [-0.1, -0.05) is 50.7 Å². The molecule has 0 bridgehead atoms. The Kier molecular flexibility index (Phi) is 4.03. The number of fused-ring (bicyclic) bond motifs is 1. The normalized spacial score (nSPS) is 17.6. The summed E-state index contributed by atoms with van der Waals surface area (Å²) in [6, 6.07) is 5.95. The van der Waals surface area contributed by atoms with Gasteiger partial charge in [-0.2, -0.15) is 0 Å². The van der Waals surface area contributed by atoms with Crippen LogP contribution in [0, 0.1) is 0 Å². The number of rotatable bonds is 2. The van der Waals surface area contributed by atoms with Gasteiger partial charge >= 0.3 is 0 Å². The van der Waals surface area contributed by atoms with Gasteiger partial charge in [0, 0.05) is 9.35 Å². The van der Waals surface area contributed by atoms with Crippen molar-refractivity contribution in [3.05, 3.63) is 47.5 Å².